The van der Waals surface area contributed by atoms with Gasteiger partial charge in [-0.1, -0.05) is 42.0 Å². The third kappa shape index (κ3) is 2.66. The van der Waals surface area contributed by atoms with E-state index in [1.54, 1.807) is 35.4 Å². The van der Waals surface area contributed by atoms with Crippen LogP contribution in [0.25, 0.3) is 11.0 Å². The summed E-state index contributed by atoms with van der Waals surface area (Å²) in [6.45, 7) is 3.94. The number of anilines is 1. The van der Waals surface area contributed by atoms with Gasteiger partial charge in [0.25, 0.3) is 5.91 Å². The second kappa shape index (κ2) is 6.41. The summed E-state index contributed by atoms with van der Waals surface area (Å²) in [6, 6.07) is 18.0. The number of nitrogens with zero attached hydrogens (tertiary/aromatic N) is 2. The van der Waals surface area contributed by atoms with E-state index >= 15 is 0 Å². The monoisotopic (exact) mass is 382 g/mol. The first-order chi connectivity index (χ1) is 14.0. The Kier molecular flexibility index (Phi) is 3.84. The number of carbonyl (C=O) groups excluding carboxylic acids is 1. The lowest BCUT2D eigenvalue weighted by molar-refractivity contribution is 0.0970. The summed E-state index contributed by atoms with van der Waals surface area (Å²) in [4.78, 5) is 32.8. The second-order valence-electron chi connectivity index (χ2n) is 7.35. The number of carbonyl (C=O) groups is 1. The van der Waals surface area contributed by atoms with Gasteiger partial charge in [0.15, 0.2) is 5.43 Å². The first-order valence-electron chi connectivity index (χ1n) is 9.43. The molecule has 1 unspecified atom stereocenters. The average molecular weight is 382 g/mol. The van der Waals surface area contributed by atoms with Crippen molar-refractivity contribution in [3.05, 3.63) is 105 Å². The summed E-state index contributed by atoms with van der Waals surface area (Å²) >= 11 is 0. The van der Waals surface area contributed by atoms with Crippen LogP contribution >= 0.6 is 0 Å². The zero-order chi connectivity index (χ0) is 20.1. The van der Waals surface area contributed by atoms with Crippen LogP contribution < -0.4 is 10.3 Å². The van der Waals surface area contributed by atoms with Gasteiger partial charge >= 0.3 is 0 Å². The number of pyridine rings is 1. The van der Waals surface area contributed by atoms with Crippen molar-refractivity contribution in [2.75, 3.05) is 4.90 Å². The van der Waals surface area contributed by atoms with Gasteiger partial charge in [-0.25, -0.2) is 4.98 Å². The number of aromatic nitrogens is 1. The molecule has 142 valence electrons. The van der Waals surface area contributed by atoms with E-state index in [1.165, 1.54) is 0 Å². The van der Waals surface area contributed by atoms with Gasteiger partial charge in [-0.05, 0) is 49.2 Å². The minimum Gasteiger partial charge on any atom is -0.450 e. The molecule has 29 heavy (non-hydrogen) atoms. The molecule has 4 aromatic rings. The molecular weight excluding hydrogens is 364 g/mol. The van der Waals surface area contributed by atoms with E-state index in [2.05, 4.69) is 4.98 Å². The van der Waals surface area contributed by atoms with Gasteiger partial charge in [-0.15, -0.1) is 0 Å². The summed E-state index contributed by atoms with van der Waals surface area (Å²) in [5, 5.41) is 0.468. The number of amides is 1. The minimum atomic E-state index is -0.590. The van der Waals surface area contributed by atoms with Crippen LogP contribution in [0.3, 0.4) is 0 Å². The predicted molar refractivity (Wildman–Crippen MR) is 111 cm³/mol. The highest BCUT2D eigenvalue weighted by atomic mass is 16.3. The molecule has 0 saturated carbocycles. The quantitative estimate of drug-likeness (QED) is 0.510. The Morgan fingerprint density at radius 1 is 0.931 bits per heavy atom. The second-order valence-corrected chi connectivity index (χ2v) is 7.35. The topological polar surface area (TPSA) is 63.4 Å². The highest BCUT2D eigenvalue weighted by Crippen LogP contribution is 2.40. The van der Waals surface area contributed by atoms with Crippen LogP contribution in [-0.2, 0) is 0 Å². The van der Waals surface area contributed by atoms with Crippen molar-refractivity contribution in [2.45, 2.75) is 19.9 Å². The average Bonchev–Trinajstić information content (AvgIpc) is 3.02. The van der Waals surface area contributed by atoms with Gasteiger partial charge in [0.05, 0.1) is 17.0 Å². The molecule has 0 spiro atoms. The molecular formula is C24H18N2O3. The van der Waals surface area contributed by atoms with Crippen LogP contribution in [0.15, 0.2) is 76.1 Å². The molecule has 2 aromatic heterocycles. The molecule has 1 amide bonds. The molecule has 2 aromatic carbocycles. The molecule has 5 heteroatoms. The van der Waals surface area contributed by atoms with Gasteiger partial charge in [-0.3, -0.25) is 14.5 Å². The summed E-state index contributed by atoms with van der Waals surface area (Å²) in [6.07, 6.45) is 1.67. The van der Waals surface area contributed by atoms with Gasteiger partial charge in [0.2, 0.25) is 5.76 Å². The largest absolute Gasteiger partial charge is 0.450 e. The van der Waals surface area contributed by atoms with E-state index in [-0.39, 0.29) is 17.1 Å². The molecule has 0 saturated heterocycles. The van der Waals surface area contributed by atoms with E-state index in [4.69, 9.17) is 4.42 Å². The zero-order valence-corrected chi connectivity index (χ0v) is 16.0. The number of rotatable bonds is 2. The first kappa shape index (κ1) is 17.4. The highest BCUT2D eigenvalue weighted by molar-refractivity contribution is 6.10. The van der Waals surface area contributed by atoms with Crippen molar-refractivity contribution in [3.8, 4) is 0 Å². The van der Waals surface area contributed by atoms with Gasteiger partial charge < -0.3 is 4.42 Å². The van der Waals surface area contributed by atoms with Crippen molar-refractivity contribution in [1.82, 2.24) is 4.98 Å². The number of fused-ring (bicyclic) bond motifs is 2. The Hall–Kier alpha value is -3.73. The van der Waals surface area contributed by atoms with Crippen molar-refractivity contribution >= 4 is 22.7 Å². The molecule has 0 aliphatic carbocycles. The third-order valence-corrected chi connectivity index (χ3v) is 5.32. The Morgan fingerprint density at radius 2 is 1.69 bits per heavy atom. The molecule has 3 heterocycles. The van der Waals surface area contributed by atoms with E-state index in [9.17, 15) is 9.59 Å². The van der Waals surface area contributed by atoms with E-state index < -0.39 is 6.04 Å². The number of hydrogen-bond acceptors (Lipinski definition) is 4. The summed E-state index contributed by atoms with van der Waals surface area (Å²) in [5.74, 6) is 0.226. The molecule has 0 fully saturated rings. The van der Waals surface area contributed by atoms with Crippen LogP contribution in [0, 0.1) is 13.8 Å². The molecule has 1 aliphatic heterocycles. The Morgan fingerprint density at radius 3 is 2.45 bits per heavy atom. The number of para-hydroxylation sites is 1. The lowest BCUT2D eigenvalue weighted by atomic mass is 9.97. The van der Waals surface area contributed by atoms with E-state index in [0.717, 1.165) is 16.7 Å². The SMILES string of the molecule is Cc1ccc(C2c3c(oc4ccccc4c3=O)C(=O)N2c2cc(C)ccn2)cc1. The number of hydrogen-bond donors (Lipinski definition) is 0. The first-order valence-corrected chi connectivity index (χ1v) is 9.43. The van der Waals surface area contributed by atoms with Crippen molar-refractivity contribution < 1.29 is 9.21 Å². The smallest absolute Gasteiger partial charge is 0.296 e. The molecule has 0 radical (unpaired) electrons. The lowest BCUT2D eigenvalue weighted by Crippen LogP contribution is -2.30. The third-order valence-electron chi connectivity index (χ3n) is 5.32. The van der Waals surface area contributed by atoms with Crippen LogP contribution in [0.5, 0.6) is 0 Å². The van der Waals surface area contributed by atoms with Gasteiger partial charge in [-0.2, -0.15) is 0 Å². The summed E-state index contributed by atoms with van der Waals surface area (Å²) in [5.41, 5.74) is 3.51. The van der Waals surface area contributed by atoms with Crippen LogP contribution in [-0.4, -0.2) is 10.9 Å². The maximum Gasteiger partial charge on any atom is 0.296 e. The van der Waals surface area contributed by atoms with Crippen LogP contribution in [0.4, 0.5) is 5.82 Å². The normalized spacial score (nSPS) is 15.7. The summed E-state index contributed by atoms with van der Waals surface area (Å²) < 4.78 is 5.94. The Labute approximate surface area is 167 Å². The van der Waals surface area contributed by atoms with Gasteiger partial charge in [0, 0.05) is 6.20 Å². The Bertz CT molecular complexity index is 1320. The predicted octanol–water partition coefficient (Wildman–Crippen LogP) is 4.55. The van der Waals surface area contributed by atoms with Gasteiger partial charge in [0.1, 0.15) is 11.4 Å². The minimum absolute atomic E-state index is 0.0857. The standard InChI is InChI=1S/C24H18N2O3/c1-14-7-9-16(10-8-14)21-20-22(27)17-5-3-4-6-18(17)29-23(20)24(28)26(21)19-13-15(2)11-12-25-19/h3-13,21H,1-2H3. The van der Waals surface area contributed by atoms with Crippen molar-refractivity contribution in [2.24, 2.45) is 0 Å². The molecule has 1 atom stereocenters. The molecule has 5 rings (SSSR count). The summed E-state index contributed by atoms with van der Waals surface area (Å²) in [7, 11) is 0. The lowest BCUT2D eigenvalue weighted by Gasteiger charge is -2.24. The van der Waals surface area contributed by atoms with Crippen molar-refractivity contribution in [3.63, 3.8) is 0 Å². The maximum absolute atomic E-state index is 13.4. The molecule has 0 bridgehead atoms. The fourth-order valence-electron chi connectivity index (χ4n) is 3.87. The fourth-order valence-corrected chi connectivity index (χ4v) is 3.87. The maximum atomic E-state index is 13.4. The fraction of sp³-hybridized carbons (Fsp3) is 0.125. The molecule has 0 N–H and O–H groups in total. The Balaban J connectivity index is 1.82. The van der Waals surface area contributed by atoms with Crippen LogP contribution in [0.2, 0.25) is 0 Å². The highest BCUT2D eigenvalue weighted by Gasteiger charge is 2.44. The number of benzene rings is 2. The molecule has 1 aliphatic rings. The number of aryl methyl sites for hydroxylation is 2. The van der Waals surface area contributed by atoms with E-state index in [1.807, 2.05) is 50.2 Å². The van der Waals surface area contributed by atoms with Crippen LogP contribution in [0.1, 0.15) is 38.9 Å². The zero-order valence-electron chi connectivity index (χ0n) is 16.0. The molecule has 5 nitrogen and oxygen atoms in total. The van der Waals surface area contributed by atoms with E-state index in [0.29, 0.717) is 22.4 Å². The van der Waals surface area contributed by atoms with Crippen molar-refractivity contribution in [1.29, 1.82) is 0 Å².